The van der Waals surface area contributed by atoms with E-state index in [0.29, 0.717) is 5.92 Å². The van der Waals surface area contributed by atoms with Crippen LogP contribution < -0.4 is 5.32 Å². The van der Waals surface area contributed by atoms with Crippen LogP contribution in [-0.2, 0) is 0 Å². The lowest BCUT2D eigenvalue weighted by molar-refractivity contribution is 0.120. The Morgan fingerprint density at radius 2 is 2.33 bits per heavy atom. The summed E-state index contributed by atoms with van der Waals surface area (Å²) in [6, 6.07) is 0. The summed E-state index contributed by atoms with van der Waals surface area (Å²) < 4.78 is 0. The summed E-state index contributed by atoms with van der Waals surface area (Å²) in [7, 11) is 0. The van der Waals surface area contributed by atoms with Crippen molar-refractivity contribution < 1.29 is 5.11 Å². The fraction of sp³-hybridized carbons (Fsp3) is 1.00. The van der Waals surface area contributed by atoms with Gasteiger partial charge in [-0.3, -0.25) is 0 Å². The monoisotopic (exact) mass is 129 g/mol. The van der Waals surface area contributed by atoms with Gasteiger partial charge in [0.25, 0.3) is 0 Å². The minimum Gasteiger partial charge on any atom is -0.392 e. The molecule has 0 radical (unpaired) electrons. The van der Waals surface area contributed by atoms with Gasteiger partial charge in [0.1, 0.15) is 0 Å². The molecule has 54 valence electrons. The second-order valence-electron chi connectivity index (χ2n) is 2.89. The standard InChI is InChI=1S/C7H15NO/c1-6-3-2-4-8-5-7(6)9/h6-9H,2-5H2,1H3. The lowest BCUT2D eigenvalue weighted by atomic mass is 10.0. The fourth-order valence-corrected chi connectivity index (χ4v) is 1.19. The highest BCUT2D eigenvalue weighted by atomic mass is 16.3. The summed E-state index contributed by atoms with van der Waals surface area (Å²) in [6.45, 7) is 3.96. The SMILES string of the molecule is CC1CCCNCC1O. The third-order valence-corrected chi connectivity index (χ3v) is 2.02. The van der Waals surface area contributed by atoms with Crippen LogP contribution in [0.4, 0.5) is 0 Å². The zero-order valence-electron chi connectivity index (χ0n) is 5.93. The smallest absolute Gasteiger partial charge is 0.0690 e. The van der Waals surface area contributed by atoms with Crippen molar-refractivity contribution in [2.24, 2.45) is 5.92 Å². The molecule has 2 heteroatoms. The van der Waals surface area contributed by atoms with E-state index in [1.165, 1.54) is 6.42 Å². The van der Waals surface area contributed by atoms with Gasteiger partial charge in [0.05, 0.1) is 6.10 Å². The van der Waals surface area contributed by atoms with Crippen LogP contribution in [0.1, 0.15) is 19.8 Å². The van der Waals surface area contributed by atoms with Gasteiger partial charge in [0.15, 0.2) is 0 Å². The molecule has 0 aromatic heterocycles. The predicted octanol–water partition coefficient (Wildman–Crippen LogP) is 0.367. The Bertz CT molecular complexity index is 75.0. The second-order valence-corrected chi connectivity index (χ2v) is 2.89. The lowest BCUT2D eigenvalue weighted by Gasteiger charge is -2.13. The van der Waals surface area contributed by atoms with Gasteiger partial charge in [0.2, 0.25) is 0 Å². The normalized spacial score (nSPS) is 38.0. The van der Waals surface area contributed by atoms with E-state index in [9.17, 15) is 5.11 Å². The largest absolute Gasteiger partial charge is 0.392 e. The summed E-state index contributed by atoms with van der Waals surface area (Å²) in [5.74, 6) is 0.486. The van der Waals surface area contributed by atoms with Gasteiger partial charge in [0, 0.05) is 6.54 Å². The zero-order valence-corrected chi connectivity index (χ0v) is 5.93. The molecule has 1 aliphatic rings. The molecule has 0 bridgehead atoms. The summed E-state index contributed by atoms with van der Waals surface area (Å²) >= 11 is 0. The highest BCUT2D eigenvalue weighted by Gasteiger charge is 2.15. The number of nitrogens with one attached hydrogen (secondary N) is 1. The molecule has 2 N–H and O–H groups in total. The molecule has 0 spiro atoms. The van der Waals surface area contributed by atoms with Crippen LogP contribution in [0.5, 0.6) is 0 Å². The van der Waals surface area contributed by atoms with Gasteiger partial charge in [-0.2, -0.15) is 0 Å². The number of aliphatic hydroxyl groups is 1. The zero-order chi connectivity index (χ0) is 6.69. The van der Waals surface area contributed by atoms with Crippen LogP contribution in [-0.4, -0.2) is 24.3 Å². The van der Waals surface area contributed by atoms with Crippen molar-refractivity contribution in [1.82, 2.24) is 5.32 Å². The first-order valence-corrected chi connectivity index (χ1v) is 3.69. The van der Waals surface area contributed by atoms with E-state index in [-0.39, 0.29) is 6.10 Å². The molecule has 0 aromatic rings. The van der Waals surface area contributed by atoms with E-state index in [2.05, 4.69) is 12.2 Å². The third kappa shape index (κ3) is 1.95. The van der Waals surface area contributed by atoms with Gasteiger partial charge >= 0.3 is 0 Å². The summed E-state index contributed by atoms with van der Waals surface area (Å²) in [5, 5.41) is 12.5. The number of β-amino-alcohol motifs (C(OH)–C–C–N with tert-alkyl or cyclic N) is 1. The molecule has 9 heavy (non-hydrogen) atoms. The van der Waals surface area contributed by atoms with E-state index in [1.54, 1.807) is 0 Å². The van der Waals surface area contributed by atoms with Crippen LogP contribution in [0.3, 0.4) is 0 Å². The Morgan fingerprint density at radius 3 is 3.11 bits per heavy atom. The molecule has 1 rings (SSSR count). The van der Waals surface area contributed by atoms with Crippen molar-refractivity contribution in [3.8, 4) is 0 Å². The summed E-state index contributed by atoms with van der Waals surface area (Å²) in [6.07, 6.45) is 2.25. The van der Waals surface area contributed by atoms with Crippen LogP contribution in [0.15, 0.2) is 0 Å². The molecule has 0 amide bonds. The van der Waals surface area contributed by atoms with Crippen molar-refractivity contribution >= 4 is 0 Å². The summed E-state index contributed by atoms with van der Waals surface area (Å²) in [4.78, 5) is 0. The summed E-state index contributed by atoms with van der Waals surface area (Å²) in [5.41, 5.74) is 0. The average molecular weight is 129 g/mol. The molecule has 0 saturated carbocycles. The van der Waals surface area contributed by atoms with Crippen molar-refractivity contribution in [2.45, 2.75) is 25.9 Å². The molecule has 0 aliphatic carbocycles. The van der Waals surface area contributed by atoms with E-state index < -0.39 is 0 Å². The van der Waals surface area contributed by atoms with Gasteiger partial charge in [-0.05, 0) is 25.3 Å². The number of aliphatic hydroxyl groups excluding tert-OH is 1. The first-order valence-electron chi connectivity index (χ1n) is 3.69. The van der Waals surface area contributed by atoms with Gasteiger partial charge in [-0.1, -0.05) is 6.92 Å². The molecular weight excluding hydrogens is 114 g/mol. The minimum absolute atomic E-state index is 0.118. The first kappa shape index (κ1) is 7.03. The highest BCUT2D eigenvalue weighted by molar-refractivity contribution is 4.71. The molecule has 1 aliphatic heterocycles. The van der Waals surface area contributed by atoms with Crippen molar-refractivity contribution in [1.29, 1.82) is 0 Å². The lowest BCUT2D eigenvalue weighted by Crippen LogP contribution is -2.28. The first-order chi connectivity index (χ1) is 4.30. The van der Waals surface area contributed by atoms with Gasteiger partial charge < -0.3 is 10.4 Å². The van der Waals surface area contributed by atoms with E-state index in [4.69, 9.17) is 0 Å². The van der Waals surface area contributed by atoms with Crippen LogP contribution >= 0.6 is 0 Å². The highest BCUT2D eigenvalue weighted by Crippen LogP contribution is 2.11. The topological polar surface area (TPSA) is 32.3 Å². The molecule has 0 aromatic carbocycles. The van der Waals surface area contributed by atoms with Crippen LogP contribution in [0.25, 0.3) is 0 Å². The third-order valence-electron chi connectivity index (χ3n) is 2.02. The number of hydrogen-bond donors (Lipinski definition) is 2. The fourth-order valence-electron chi connectivity index (χ4n) is 1.19. The molecule has 2 nitrogen and oxygen atoms in total. The van der Waals surface area contributed by atoms with Crippen LogP contribution in [0.2, 0.25) is 0 Å². The van der Waals surface area contributed by atoms with E-state index >= 15 is 0 Å². The second kappa shape index (κ2) is 3.18. The number of hydrogen-bond acceptors (Lipinski definition) is 2. The van der Waals surface area contributed by atoms with Gasteiger partial charge in [-0.15, -0.1) is 0 Å². The average Bonchev–Trinajstić information content (AvgIpc) is 1.99. The maximum atomic E-state index is 9.30. The van der Waals surface area contributed by atoms with Crippen molar-refractivity contribution in [3.63, 3.8) is 0 Å². The van der Waals surface area contributed by atoms with E-state index in [1.807, 2.05) is 0 Å². The molecule has 1 fully saturated rings. The Morgan fingerprint density at radius 1 is 1.56 bits per heavy atom. The Labute approximate surface area is 56.3 Å². The molecule has 1 saturated heterocycles. The molecular formula is C7H15NO. The number of rotatable bonds is 0. The maximum absolute atomic E-state index is 9.30. The van der Waals surface area contributed by atoms with Crippen molar-refractivity contribution in [2.75, 3.05) is 13.1 Å². The minimum atomic E-state index is -0.118. The molecule has 2 unspecified atom stereocenters. The predicted molar refractivity (Wildman–Crippen MR) is 37.3 cm³/mol. The quantitative estimate of drug-likeness (QED) is 0.495. The van der Waals surface area contributed by atoms with Gasteiger partial charge in [-0.25, -0.2) is 0 Å². The van der Waals surface area contributed by atoms with E-state index in [0.717, 1.165) is 19.5 Å². The Balaban J connectivity index is 2.32. The van der Waals surface area contributed by atoms with Crippen LogP contribution in [0, 0.1) is 5.92 Å². The Kier molecular flexibility index (Phi) is 2.49. The Hall–Kier alpha value is -0.0800. The molecule has 1 heterocycles. The molecule has 2 atom stereocenters. The maximum Gasteiger partial charge on any atom is 0.0690 e. The van der Waals surface area contributed by atoms with Crippen molar-refractivity contribution in [3.05, 3.63) is 0 Å².